The monoisotopic (exact) mass is 333 g/mol. The van der Waals surface area contributed by atoms with Gasteiger partial charge in [0.25, 0.3) is 0 Å². The Morgan fingerprint density at radius 2 is 1.91 bits per heavy atom. The molecule has 4 nitrogen and oxygen atoms in total. The molecule has 1 aromatic carbocycles. The Balaban J connectivity index is 2.57. The average molecular weight is 333 g/mol. The Morgan fingerprint density at radius 3 is 2.48 bits per heavy atom. The Labute approximate surface area is 133 Å². The number of hydrogen-bond acceptors (Lipinski definition) is 3. The molecule has 2 N–H and O–H groups in total. The second kappa shape index (κ2) is 7.68. The van der Waals surface area contributed by atoms with E-state index >= 15 is 0 Å². The fourth-order valence-corrected chi connectivity index (χ4v) is 1.75. The van der Waals surface area contributed by atoms with Gasteiger partial charge in [-0.3, -0.25) is 4.79 Å². The minimum atomic E-state index is -4.77. The van der Waals surface area contributed by atoms with Gasteiger partial charge < -0.3 is 15.2 Å². The van der Waals surface area contributed by atoms with Gasteiger partial charge in [-0.1, -0.05) is 32.0 Å². The number of aryl methyl sites for hydroxylation is 1. The molecular weight excluding hydrogens is 311 g/mol. The van der Waals surface area contributed by atoms with Crippen molar-refractivity contribution < 1.29 is 27.8 Å². The number of aliphatic hydroxyl groups is 1. The van der Waals surface area contributed by atoms with Gasteiger partial charge in [-0.15, -0.1) is 13.2 Å². The molecule has 1 aromatic rings. The predicted octanol–water partition coefficient (Wildman–Crippen LogP) is 3.04. The summed E-state index contributed by atoms with van der Waals surface area (Å²) >= 11 is 0. The summed E-state index contributed by atoms with van der Waals surface area (Å²) in [6.45, 7) is 5.36. The molecule has 0 aliphatic heterocycles. The smallest absolute Gasteiger partial charge is 0.406 e. The van der Waals surface area contributed by atoms with Crippen LogP contribution in [0.25, 0.3) is 0 Å². The van der Waals surface area contributed by atoms with E-state index in [1.165, 1.54) is 18.2 Å². The lowest BCUT2D eigenvalue weighted by atomic mass is 9.92. The van der Waals surface area contributed by atoms with Crippen molar-refractivity contribution in [2.24, 2.45) is 5.92 Å². The maximum Gasteiger partial charge on any atom is 0.573 e. The molecule has 0 spiro atoms. The molecule has 0 bridgehead atoms. The molecule has 0 saturated heterocycles. The molecule has 0 saturated carbocycles. The van der Waals surface area contributed by atoms with E-state index in [0.717, 1.165) is 0 Å². The zero-order valence-corrected chi connectivity index (χ0v) is 13.4. The summed E-state index contributed by atoms with van der Waals surface area (Å²) in [5.41, 5.74) is -0.733. The fraction of sp³-hybridized carbons (Fsp3) is 0.562. The van der Waals surface area contributed by atoms with E-state index in [9.17, 15) is 23.1 Å². The number of carbonyl (C=O) groups excluding carboxylic acids is 1. The van der Waals surface area contributed by atoms with Gasteiger partial charge in [0.2, 0.25) is 5.91 Å². The van der Waals surface area contributed by atoms with Gasteiger partial charge in [-0.25, -0.2) is 0 Å². The molecule has 7 heteroatoms. The van der Waals surface area contributed by atoms with Crippen molar-refractivity contribution >= 4 is 5.91 Å². The van der Waals surface area contributed by atoms with Crippen LogP contribution in [0.2, 0.25) is 0 Å². The van der Waals surface area contributed by atoms with Gasteiger partial charge in [-0.2, -0.15) is 0 Å². The van der Waals surface area contributed by atoms with E-state index < -0.39 is 12.0 Å². The molecule has 0 aromatic heterocycles. The molecule has 23 heavy (non-hydrogen) atoms. The van der Waals surface area contributed by atoms with Gasteiger partial charge in [0, 0.05) is 13.0 Å². The second-order valence-corrected chi connectivity index (χ2v) is 5.94. The van der Waals surface area contributed by atoms with E-state index in [2.05, 4.69) is 10.1 Å². The number of para-hydroxylation sites is 1. The first-order chi connectivity index (χ1) is 10.5. The first kappa shape index (κ1) is 19.3. The highest BCUT2D eigenvalue weighted by molar-refractivity contribution is 5.76. The van der Waals surface area contributed by atoms with E-state index in [1.807, 2.05) is 13.8 Å². The maximum absolute atomic E-state index is 12.3. The molecule has 1 amide bonds. The maximum atomic E-state index is 12.3. The second-order valence-electron chi connectivity index (χ2n) is 5.94. The molecule has 1 rings (SSSR count). The summed E-state index contributed by atoms with van der Waals surface area (Å²) in [4.78, 5) is 11.8. The third kappa shape index (κ3) is 6.90. The number of ether oxygens (including phenoxy) is 1. The number of halogens is 3. The molecule has 1 atom stereocenters. The predicted molar refractivity (Wildman–Crippen MR) is 79.9 cm³/mol. The highest BCUT2D eigenvalue weighted by atomic mass is 19.4. The lowest BCUT2D eigenvalue weighted by Gasteiger charge is -2.27. The zero-order valence-electron chi connectivity index (χ0n) is 13.4. The highest BCUT2D eigenvalue weighted by Crippen LogP contribution is 2.27. The van der Waals surface area contributed by atoms with E-state index in [4.69, 9.17) is 0 Å². The molecule has 0 aliphatic rings. The van der Waals surface area contributed by atoms with Gasteiger partial charge in [0.15, 0.2) is 0 Å². The van der Waals surface area contributed by atoms with Gasteiger partial charge in [0.1, 0.15) is 5.75 Å². The van der Waals surface area contributed by atoms with Gasteiger partial charge >= 0.3 is 6.36 Å². The Hall–Kier alpha value is -1.76. The topological polar surface area (TPSA) is 58.6 Å². The Kier molecular flexibility index (Phi) is 6.44. The first-order valence-electron chi connectivity index (χ1n) is 7.34. The SMILES string of the molecule is CC(C)C(C)(O)CNC(=O)CCc1ccccc1OC(F)(F)F. The summed E-state index contributed by atoms with van der Waals surface area (Å²) in [6, 6.07) is 5.72. The van der Waals surface area contributed by atoms with E-state index in [-0.39, 0.29) is 37.0 Å². The van der Waals surface area contributed by atoms with Crippen LogP contribution >= 0.6 is 0 Å². The van der Waals surface area contributed by atoms with Gasteiger partial charge in [-0.05, 0) is 30.9 Å². The normalized spacial score (nSPS) is 14.4. The summed E-state index contributed by atoms with van der Waals surface area (Å²) in [5, 5.41) is 12.6. The summed E-state index contributed by atoms with van der Waals surface area (Å²) in [7, 11) is 0. The van der Waals surface area contributed by atoms with Crippen molar-refractivity contribution in [2.45, 2.75) is 45.6 Å². The molecular formula is C16H22F3NO3. The zero-order chi connectivity index (χ0) is 17.7. The van der Waals surface area contributed by atoms with Crippen LogP contribution in [0.5, 0.6) is 5.75 Å². The van der Waals surface area contributed by atoms with E-state index in [0.29, 0.717) is 5.56 Å². The van der Waals surface area contributed by atoms with Crippen molar-refractivity contribution in [3.63, 3.8) is 0 Å². The van der Waals surface area contributed by atoms with Crippen LogP contribution in [-0.2, 0) is 11.2 Å². The number of alkyl halides is 3. The van der Waals surface area contributed by atoms with Crippen LogP contribution in [0, 0.1) is 5.92 Å². The quantitative estimate of drug-likeness (QED) is 0.806. The van der Waals surface area contributed by atoms with E-state index in [1.54, 1.807) is 13.0 Å². The van der Waals surface area contributed by atoms with Crippen molar-refractivity contribution in [1.29, 1.82) is 0 Å². The minimum Gasteiger partial charge on any atom is -0.406 e. The highest BCUT2D eigenvalue weighted by Gasteiger charge is 2.32. The number of benzene rings is 1. The molecule has 130 valence electrons. The Morgan fingerprint density at radius 1 is 1.30 bits per heavy atom. The summed E-state index contributed by atoms with van der Waals surface area (Å²) < 4.78 is 40.9. The molecule has 0 fully saturated rings. The van der Waals surface area contributed by atoms with Crippen LogP contribution in [0.3, 0.4) is 0 Å². The van der Waals surface area contributed by atoms with Crippen molar-refractivity contribution in [1.82, 2.24) is 5.32 Å². The summed E-state index contributed by atoms with van der Waals surface area (Å²) in [5.74, 6) is -0.682. The summed E-state index contributed by atoms with van der Waals surface area (Å²) in [6.07, 6.45) is -4.65. The third-order valence-corrected chi connectivity index (χ3v) is 3.71. The number of hydrogen-bond donors (Lipinski definition) is 2. The first-order valence-corrected chi connectivity index (χ1v) is 7.34. The van der Waals surface area contributed by atoms with Crippen LogP contribution in [0.4, 0.5) is 13.2 Å². The van der Waals surface area contributed by atoms with Crippen molar-refractivity contribution in [3.05, 3.63) is 29.8 Å². The Bertz CT molecular complexity index is 528. The largest absolute Gasteiger partial charge is 0.573 e. The average Bonchev–Trinajstić information content (AvgIpc) is 2.42. The number of nitrogens with one attached hydrogen (secondary N) is 1. The molecule has 0 aliphatic carbocycles. The van der Waals surface area contributed by atoms with Crippen LogP contribution in [0.1, 0.15) is 32.8 Å². The van der Waals surface area contributed by atoms with Crippen LogP contribution in [0.15, 0.2) is 24.3 Å². The standard InChI is InChI=1S/C16H22F3NO3/c1-11(2)15(3,22)10-20-14(21)9-8-12-6-4-5-7-13(12)23-16(17,18)19/h4-7,11,22H,8-10H2,1-3H3,(H,20,21). The lowest BCUT2D eigenvalue weighted by Crippen LogP contribution is -2.44. The fourth-order valence-electron chi connectivity index (χ4n) is 1.75. The number of rotatable bonds is 7. The molecule has 0 radical (unpaired) electrons. The van der Waals surface area contributed by atoms with Crippen LogP contribution in [-0.4, -0.2) is 29.5 Å². The van der Waals surface area contributed by atoms with Crippen LogP contribution < -0.4 is 10.1 Å². The lowest BCUT2D eigenvalue weighted by molar-refractivity contribution is -0.274. The van der Waals surface area contributed by atoms with Crippen molar-refractivity contribution in [2.75, 3.05) is 6.54 Å². The van der Waals surface area contributed by atoms with Gasteiger partial charge in [0.05, 0.1) is 5.60 Å². The number of amides is 1. The van der Waals surface area contributed by atoms with Crippen molar-refractivity contribution in [3.8, 4) is 5.75 Å². The molecule has 0 heterocycles. The third-order valence-electron chi connectivity index (χ3n) is 3.71. The minimum absolute atomic E-state index is 0.00635. The number of carbonyl (C=O) groups is 1. The molecule has 1 unspecified atom stereocenters.